The second-order valence-corrected chi connectivity index (χ2v) is 6.18. The van der Waals surface area contributed by atoms with Crippen LogP contribution in [0.1, 0.15) is 31.2 Å². The third-order valence-corrected chi connectivity index (χ3v) is 4.51. The minimum Gasteiger partial charge on any atom is -0.369 e. The van der Waals surface area contributed by atoms with Gasteiger partial charge >= 0.3 is 0 Å². The smallest absolute Gasteiger partial charge is 0.282 e. The molecule has 1 aliphatic heterocycles. The van der Waals surface area contributed by atoms with E-state index in [1.165, 1.54) is 10.5 Å². The maximum absolute atomic E-state index is 11.4. The molecule has 3 N–H and O–H groups in total. The Balaban J connectivity index is 1.65. The molecule has 0 radical (unpaired) electrons. The Bertz CT molecular complexity index is 665. The van der Waals surface area contributed by atoms with Crippen LogP contribution < -0.4 is 10.6 Å². The van der Waals surface area contributed by atoms with Crippen molar-refractivity contribution in [3.63, 3.8) is 0 Å². The van der Waals surface area contributed by atoms with Gasteiger partial charge in [0.05, 0.1) is 19.0 Å². The number of nitrogens with two attached hydrogens (primary N) is 1. The van der Waals surface area contributed by atoms with Gasteiger partial charge in [-0.15, -0.1) is 0 Å². The Hall–Kier alpha value is -2.21. The highest BCUT2D eigenvalue weighted by Crippen LogP contribution is 2.16. The van der Waals surface area contributed by atoms with Gasteiger partial charge in [0.2, 0.25) is 11.7 Å². The largest absolute Gasteiger partial charge is 0.369 e. The maximum Gasteiger partial charge on any atom is 0.282 e. The number of aryl methyl sites for hydroxylation is 1. The van der Waals surface area contributed by atoms with Crippen LogP contribution in [0.25, 0.3) is 11.4 Å². The van der Waals surface area contributed by atoms with Crippen LogP contribution in [0.5, 0.6) is 0 Å². The van der Waals surface area contributed by atoms with E-state index in [9.17, 15) is 4.79 Å². The zero-order chi connectivity index (χ0) is 16.2. The van der Waals surface area contributed by atoms with E-state index < -0.39 is 0 Å². The van der Waals surface area contributed by atoms with E-state index in [1.807, 2.05) is 12.1 Å². The first-order valence-electron chi connectivity index (χ1n) is 8.20. The van der Waals surface area contributed by atoms with Crippen LogP contribution in [0.2, 0.25) is 0 Å². The Morgan fingerprint density at radius 2 is 2.17 bits per heavy atom. The zero-order valence-corrected chi connectivity index (χ0v) is 13.4. The van der Waals surface area contributed by atoms with E-state index in [4.69, 9.17) is 10.3 Å². The van der Waals surface area contributed by atoms with Gasteiger partial charge < -0.3 is 15.2 Å². The quantitative estimate of drug-likeness (QED) is 0.845. The number of piperidine rings is 1. The molecule has 6 nitrogen and oxygen atoms in total. The van der Waals surface area contributed by atoms with Crippen molar-refractivity contribution in [2.75, 3.05) is 13.1 Å². The van der Waals surface area contributed by atoms with Gasteiger partial charge in [-0.25, -0.2) is 0 Å². The van der Waals surface area contributed by atoms with Crippen LogP contribution in [-0.4, -0.2) is 29.1 Å². The van der Waals surface area contributed by atoms with Crippen molar-refractivity contribution in [1.82, 2.24) is 10.1 Å². The molecule has 1 aromatic heterocycles. The van der Waals surface area contributed by atoms with E-state index in [2.05, 4.69) is 29.2 Å². The second kappa shape index (κ2) is 6.91. The predicted molar refractivity (Wildman–Crippen MR) is 85.4 cm³/mol. The first-order valence-corrected chi connectivity index (χ1v) is 8.20. The summed E-state index contributed by atoms with van der Waals surface area (Å²) in [5, 5.41) is 4.07. The molecule has 1 amide bonds. The number of aromatic nitrogens is 2. The number of carbonyl (C=O) groups excluding carboxylic acids is 1. The molecular formula is C17H23N4O2+. The Kier molecular flexibility index (Phi) is 4.71. The Morgan fingerprint density at radius 3 is 2.87 bits per heavy atom. The van der Waals surface area contributed by atoms with Crippen LogP contribution in [0, 0.1) is 5.92 Å². The summed E-state index contributed by atoms with van der Waals surface area (Å²) in [6.45, 7) is 4.52. The molecule has 6 heteroatoms. The Labute approximate surface area is 135 Å². The number of amides is 1. The molecule has 2 aromatic rings. The average Bonchev–Trinajstić information content (AvgIpc) is 3.03. The molecular weight excluding hydrogens is 292 g/mol. The van der Waals surface area contributed by atoms with E-state index in [1.54, 1.807) is 0 Å². The minimum atomic E-state index is -0.204. The van der Waals surface area contributed by atoms with Gasteiger partial charge in [-0.3, -0.25) is 4.79 Å². The number of quaternary nitrogens is 1. The van der Waals surface area contributed by atoms with E-state index in [0.717, 1.165) is 37.9 Å². The normalized spacial score (nSPS) is 21.3. The fourth-order valence-corrected chi connectivity index (χ4v) is 3.10. The number of likely N-dealkylation sites (tertiary alicyclic amines) is 1. The molecule has 2 heterocycles. The van der Waals surface area contributed by atoms with Crippen molar-refractivity contribution >= 4 is 5.91 Å². The molecule has 0 spiro atoms. The lowest BCUT2D eigenvalue weighted by Crippen LogP contribution is -3.12. The van der Waals surface area contributed by atoms with Crippen LogP contribution in [0.3, 0.4) is 0 Å². The monoisotopic (exact) mass is 315 g/mol. The number of benzene rings is 1. The van der Waals surface area contributed by atoms with Gasteiger partial charge in [-0.05, 0) is 24.8 Å². The summed E-state index contributed by atoms with van der Waals surface area (Å²) < 4.78 is 5.38. The fourth-order valence-electron chi connectivity index (χ4n) is 3.10. The highest BCUT2D eigenvalue weighted by molar-refractivity contribution is 5.76. The number of hydrogen-bond acceptors (Lipinski definition) is 4. The van der Waals surface area contributed by atoms with Crippen molar-refractivity contribution in [2.45, 2.75) is 32.7 Å². The number of nitrogens with one attached hydrogen (secondary N) is 1. The number of rotatable bonds is 5. The average molecular weight is 315 g/mol. The molecule has 1 aliphatic rings. The summed E-state index contributed by atoms with van der Waals surface area (Å²) >= 11 is 0. The molecule has 23 heavy (non-hydrogen) atoms. The lowest BCUT2D eigenvalue weighted by molar-refractivity contribution is -0.922. The van der Waals surface area contributed by atoms with Gasteiger partial charge in [0.1, 0.15) is 0 Å². The fraction of sp³-hybridized carbons (Fsp3) is 0.471. The summed E-state index contributed by atoms with van der Waals surface area (Å²) in [6, 6.07) is 8.20. The number of carbonyl (C=O) groups is 1. The van der Waals surface area contributed by atoms with Crippen LogP contribution in [-0.2, 0) is 17.8 Å². The molecule has 1 unspecified atom stereocenters. The molecule has 2 atom stereocenters. The topological polar surface area (TPSA) is 86.5 Å². The summed E-state index contributed by atoms with van der Waals surface area (Å²) in [6.07, 6.45) is 2.90. The number of hydrogen-bond donors (Lipinski definition) is 2. The highest BCUT2D eigenvalue weighted by Gasteiger charge is 2.28. The predicted octanol–water partition coefficient (Wildman–Crippen LogP) is 0.579. The first kappa shape index (κ1) is 15.7. The van der Waals surface area contributed by atoms with E-state index >= 15 is 0 Å². The summed E-state index contributed by atoms with van der Waals surface area (Å²) in [5.41, 5.74) is 7.67. The van der Waals surface area contributed by atoms with Gasteiger partial charge in [-0.2, -0.15) is 4.98 Å². The molecule has 0 bridgehead atoms. The maximum atomic E-state index is 11.4. The number of nitrogens with zero attached hydrogens (tertiary/aromatic N) is 2. The SMILES string of the molecule is CCc1ccc(-c2noc(C[NH+]3CCC[C@H](C(N)=O)C3)n2)cc1. The molecule has 1 fully saturated rings. The third-order valence-electron chi connectivity index (χ3n) is 4.51. The molecule has 122 valence electrons. The van der Waals surface area contributed by atoms with Gasteiger partial charge in [-0.1, -0.05) is 36.3 Å². The lowest BCUT2D eigenvalue weighted by Gasteiger charge is -2.26. The van der Waals surface area contributed by atoms with Gasteiger partial charge in [0, 0.05) is 5.56 Å². The molecule has 0 saturated carbocycles. The molecule has 1 saturated heterocycles. The summed E-state index contributed by atoms with van der Waals surface area (Å²) in [4.78, 5) is 17.1. The van der Waals surface area contributed by atoms with Crippen molar-refractivity contribution < 1.29 is 14.2 Å². The number of primary amides is 1. The Morgan fingerprint density at radius 1 is 1.39 bits per heavy atom. The van der Waals surface area contributed by atoms with Crippen LogP contribution >= 0.6 is 0 Å². The minimum absolute atomic E-state index is 0.0391. The van der Waals surface area contributed by atoms with Gasteiger partial charge in [0.15, 0.2) is 6.54 Å². The van der Waals surface area contributed by atoms with Crippen molar-refractivity contribution in [3.8, 4) is 11.4 Å². The summed E-state index contributed by atoms with van der Waals surface area (Å²) in [5.74, 6) is 0.984. The second-order valence-electron chi connectivity index (χ2n) is 6.18. The van der Waals surface area contributed by atoms with E-state index in [0.29, 0.717) is 18.3 Å². The lowest BCUT2D eigenvalue weighted by atomic mass is 9.97. The van der Waals surface area contributed by atoms with Crippen LogP contribution in [0.15, 0.2) is 28.8 Å². The zero-order valence-electron chi connectivity index (χ0n) is 13.4. The first-order chi connectivity index (χ1) is 11.2. The van der Waals surface area contributed by atoms with Crippen molar-refractivity contribution in [1.29, 1.82) is 0 Å². The molecule has 3 rings (SSSR count). The molecule has 1 aromatic carbocycles. The third kappa shape index (κ3) is 3.76. The molecule has 0 aliphatic carbocycles. The van der Waals surface area contributed by atoms with Crippen LogP contribution in [0.4, 0.5) is 0 Å². The highest BCUT2D eigenvalue weighted by atomic mass is 16.5. The summed E-state index contributed by atoms with van der Waals surface area (Å²) in [7, 11) is 0. The van der Waals surface area contributed by atoms with Crippen molar-refractivity contribution in [2.24, 2.45) is 11.7 Å². The standard InChI is InChI=1S/C17H22N4O2/c1-2-12-5-7-13(8-6-12)17-19-15(23-20-17)11-21-9-3-4-14(10-21)16(18)22/h5-8,14H,2-4,9-11H2,1H3,(H2,18,22)/p+1/t14-/m0/s1. The van der Waals surface area contributed by atoms with Gasteiger partial charge in [0.25, 0.3) is 5.89 Å². The van der Waals surface area contributed by atoms with Crippen molar-refractivity contribution in [3.05, 3.63) is 35.7 Å². The van der Waals surface area contributed by atoms with E-state index in [-0.39, 0.29) is 11.8 Å².